The van der Waals surface area contributed by atoms with Crippen LogP contribution < -0.4 is 10.6 Å². The van der Waals surface area contributed by atoms with E-state index in [0.29, 0.717) is 12.1 Å². The third-order valence-electron chi connectivity index (χ3n) is 2.68. The number of benzene rings is 1. The summed E-state index contributed by atoms with van der Waals surface area (Å²) in [6.45, 7) is 2.15. The quantitative estimate of drug-likeness (QED) is 0.817. The standard InChI is InChI=1S/C12H14N2O3/c1-8-10(14-12(16)17-8)7-13-11(15)9-5-3-2-4-6-9/h2-6,8,10H,7H2,1H3,(H,13,15)(H,14,16)/t8-,10-/m1/s1. The molecule has 1 fully saturated rings. The molecule has 0 aliphatic carbocycles. The number of cyclic esters (lactones) is 1. The second-order valence-electron chi connectivity index (χ2n) is 3.94. The molecule has 2 rings (SSSR count). The third kappa shape index (κ3) is 2.75. The van der Waals surface area contributed by atoms with Gasteiger partial charge in [0.15, 0.2) is 0 Å². The number of carbonyl (C=O) groups excluding carboxylic acids is 2. The average Bonchev–Trinajstić information content (AvgIpc) is 2.66. The molecule has 0 bridgehead atoms. The first-order chi connectivity index (χ1) is 8.16. The summed E-state index contributed by atoms with van der Waals surface area (Å²) in [6, 6.07) is 8.76. The maximum atomic E-state index is 11.7. The third-order valence-corrected chi connectivity index (χ3v) is 2.68. The van der Waals surface area contributed by atoms with Crippen molar-refractivity contribution in [3.05, 3.63) is 35.9 Å². The second kappa shape index (κ2) is 4.86. The van der Waals surface area contributed by atoms with E-state index in [1.165, 1.54) is 0 Å². The first-order valence-electron chi connectivity index (χ1n) is 5.47. The fourth-order valence-electron chi connectivity index (χ4n) is 1.66. The van der Waals surface area contributed by atoms with Crippen LogP contribution in [-0.4, -0.2) is 30.7 Å². The van der Waals surface area contributed by atoms with Crippen LogP contribution in [0, 0.1) is 0 Å². The lowest BCUT2D eigenvalue weighted by molar-refractivity contribution is 0.0944. The molecule has 2 N–H and O–H groups in total. The van der Waals surface area contributed by atoms with Crippen LogP contribution >= 0.6 is 0 Å². The maximum Gasteiger partial charge on any atom is 0.407 e. The largest absolute Gasteiger partial charge is 0.444 e. The molecule has 17 heavy (non-hydrogen) atoms. The van der Waals surface area contributed by atoms with E-state index in [-0.39, 0.29) is 18.1 Å². The summed E-state index contributed by atoms with van der Waals surface area (Å²) in [6.07, 6.45) is -0.657. The summed E-state index contributed by atoms with van der Waals surface area (Å²) < 4.78 is 4.91. The zero-order chi connectivity index (χ0) is 12.3. The highest BCUT2D eigenvalue weighted by Crippen LogP contribution is 2.07. The summed E-state index contributed by atoms with van der Waals surface area (Å²) in [5.74, 6) is -0.154. The van der Waals surface area contributed by atoms with Crippen LogP contribution in [0.25, 0.3) is 0 Å². The molecule has 0 spiro atoms. The molecule has 0 saturated carbocycles. The molecule has 1 heterocycles. The molecule has 0 unspecified atom stereocenters. The van der Waals surface area contributed by atoms with Crippen molar-refractivity contribution in [2.24, 2.45) is 0 Å². The zero-order valence-electron chi connectivity index (χ0n) is 9.47. The molecule has 90 valence electrons. The Balaban J connectivity index is 1.87. The highest BCUT2D eigenvalue weighted by atomic mass is 16.6. The minimum absolute atomic E-state index is 0.154. The van der Waals surface area contributed by atoms with Crippen LogP contribution in [0.3, 0.4) is 0 Å². The van der Waals surface area contributed by atoms with Crippen LogP contribution in [0.5, 0.6) is 0 Å². The Morgan fingerprint density at radius 3 is 2.71 bits per heavy atom. The van der Waals surface area contributed by atoms with E-state index in [9.17, 15) is 9.59 Å². The SMILES string of the molecule is C[C@H]1OC(=O)N[C@@H]1CNC(=O)c1ccccc1. The van der Waals surface area contributed by atoms with Gasteiger partial charge in [-0.15, -0.1) is 0 Å². The first-order valence-corrected chi connectivity index (χ1v) is 5.47. The normalized spacial score (nSPS) is 22.8. The van der Waals surface area contributed by atoms with E-state index in [1.54, 1.807) is 31.2 Å². The zero-order valence-corrected chi connectivity index (χ0v) is 9.47. The summed E-state index contributed by atoms with van der Waals surface area (Å²) in [4.78, 5) is 22.7. The van der Waals surface area contributed by atoms with Gasteiger partial charge in [0.05, 0.1) is 6.04 Å². The molecule has 0 aromatic heterocycles. The van der Waals surface area contributed by atoms with Crippen molar-refractivity contribution in [2.75, 3.05) is 6.54 Å². The van der Waals surface area contributed by atoms with E-state index in [0.717, 1.165) is 0 Å². The second-order valence-corrected chi connectivity index (χ2v) is 3.94. The van der Waals surface area contributed by atoms with Gasteiger partial charge in [-0.25, -0.2) is 4.79 Å². The summed E-state index contributed by atoms with van der Waals surface area (Å²) >= 11 is 0. The summed E-state index contributed by atoms with van der Waals surface area (Å²) in [5, 5.41) is 5.39. The fourth-order valence-corrected chi connectivity index (χ4v) is 1.66. The van der Waals surface area contributed by atoms with Gasteiger partial charge in [0.2, 0.25) is 0 Å². The van der Waals surface area contributed by atoms with Gasteiger partial charge in [-0.05, 0) is 19.1 Å². The number of nitrogens with one attached hydrogen (secondary N) is 2. The van der Waals surface area contributed by atoms with Crippen molar-refractivity contribution in [1.29, 1.82) is 0 Å². The lowest BCUT2D eigenvalue weighted by Gasteiger charge is -2.13. The lowest BCUT2D eigenvalue weighted by atomic mass is 10.2. The summed E-state index contributed by atoms with van der Waals surface area (Å²) in [5.41, 5.74) is 0.602. The van der Waals surface area contributed by atoms with Crippen LogP contribution in [0.15, 0.2) is 30.3 Å². The lowest BCUT2D eigenvalue weighted by Crippen LogP contribution is -2.42. The van der Waals surface area contributed by atoms with E-state index < -0.39 is 6.09 Å². The topological polar surface area (TPSA) is 67.4 Å². The molecule has 2 amide bonds. The Labute approximate surface area is 99.2 Å². The van der Waals surface area contributed by atoms with Gasteiger partial charge in [0, 0.05) is 12.1 Å². The van der Waals surface area contributed by atoms with Crippen molar-refractivity contribution in [2.45, 2.75) is 19.1 Å². The van der Waals surface area contributed by atoms with Crippen LogP contribution in [0.4, 0.5) is 4.79 Å². The number of hydrogen-bond donors (Lipinski definition) is 2. The van der Waals surface area contributed by atoms with Gasteiger partial charge < -0.3 is 15.4 Å². The Morgan fingerprint density at radius 2 is 2.12 bits per heavy atom. The predicted molar refractivity (Wildman–Crippen MR) is 61.6 cm³/mol. The van der Waals surface area contributed by atoms with Crippen molar-refractivity contribution in [3.63, 3.8) is 0 Å². The molecule has 1 aromatic rings. The molecule has 5 nitrogen and oxygen atoms in total. The maximum absolute atomic E-state index is 11.7. The van der Waals surface area contributed by atoms with E-state index in [4.69, 9.17) is 4.74 Å². The Kier molecular flexibility index (Phi) is 3.27. The molecule has 2 atom stereocenters. The van der Waals surface area contributed by atoms with Crippen LogP contribution in [0.1, 0.15) is 17.3 Å². The van der Waals surface area contributed by atoms with Crippen LogP contribution in [0.2, 0.25) is 0 Å². The van der Waals surface area contributed by atoms with Crippen molar-refractivity contribution >= 4 is 12.0 Å². The average molecular weight is 234 g/mol. The number of carbonyl (C=O) groups is 2. The van der Waals surface area contributed by atoms with Gasteiger partial charge in [0.25, 0.3) is 5.91 Å². The fraction of sp³-hybridized carbons (Fsp3) is 0.333. The van der Waals surface area contributed by atoms with Gasteiger partial charge in [0.1, 0.15) is 6.10 Å². The van der Waals surface area contributed by atoms with Crippen LogP contribution in [-0.2, 0) is 4.74 Å². The number of hydrogen-bond acceptors (Lipinski definition) is 3. The van der Waals surface area contributed by atoms with Gasteiger partial charge in [-0.3, -0.25) is 4.79 Å². The molecule has 5 heteroatoms. The Bertz CT molecular complexity index is 419. The smallest absolute Gasteiger partial charge is 0.407 e. The molecule has 1 aliphatic rings. The number of amides is 2. The molecule has 0 radical (unpaired) electrons. The Hall–Kier alpha value is -2.04. The molecular weight excluding hydrogens is 220 g/mol. The highest BCUT2D eigenvalue weighted by Gasteiger charge is 2.30. The molecule has 1 saturated heterocycles. The monoisotopic (exact) mass is 234 g/mol. The minimum atomic E-state index is -0.434. The van der Waals surface area contributed by atoms with E-state index in [2.05, 4.69) is 10.6 Å². The van der Waals surface area contributed by atoms with Gasteiger partial charge in [-0.2, -0.15) is 0 Å². The number of ether oxygens (including phenoxy) is 1. The van der Waals surface area contributed by atoms with Crippen molar-refractivity contribution in [3.8, 4) is 0 Å². The Morgan fingerprint density at radius 1 is 1.41 bits per heavy atom. The molecular formula is C12H14N2O3. The van der Waals surface area contributed by atoms with Gasteiger partial charge >= 0.3 is 6.09 Å². The van der Waals surface area contributed by atoms with Gasteiger partial charge in [-0.1, -0.05) is 18.2 Å². The van der Waals surface area contributed by atoms with Crippen molar-refractivity contribution < 1.29 is 14.3 Å². The van der Waals surface area contributed by atoms with E-state index in [1.807, 2.05) is 6.07 Å². The number of alkyl carbamates (subject to hydrolysis) is 1. The highest BCUT2D eigenvalue weighted by molar-refractivity contribution is 5.94. The minimum Gasteiger partial charge on any atom is -0.444 e. The molecule has 1 aliphatic heterocycles. The summed E-state index contributed by atoms with van der Waals surface area (Å²) in [7, 11) is 0. The first kappa shape index (κ1) is 11.4. The van der Waals surface area contributed by atoms with E-state index >= 15 is 0 Å². The number of rotatable bonds is 3. The predicted octanol–water partition coefficient (Wildman–Crippen LogP) is 0.913. The van der Waals surface area contributed by atoms with Crippen molar-refractivity contribution in [1.82, 2.24) is 10.6 Å². The molecule has 1 aromatic carbocycles.